The minimum Gasteiger partial charge on any atom is -0.395 e. The van der Waals surface area contributed by atoms with Crippen molar-refractivity contribution < 1.29 is 14.6 Å². The van der Waals surface area contributed by atoms with Crippen LogP contribution in [0.15, 0.2) is 12.4 Å². The molecule has 0 radical (unpaired) electrons. The monoisotopic (exact) mass is 385 g/mol. The average Bonchev–Trinajstić information content (AvgIpc) is 3.10. The second kappa shape index (κ2) is 7.64. The third kappa shape index (κ3) is 3.25. The molecule has 0 spiro atoms. The molecule has 1 fully saturated rings. The van der Waals surface area contributed by atoms with Gasteiger partial charge in [0.25, 0.3) is 0 Å². The van der Waals surface area contributed by atoms with E-state index >= 15 is 0 Å². The van der Waals surface area contributed by atoms with Crippen molar-refractivity contribution in [2.75, 3.05) is 48.4 Å². The first-order chi connectivity index (χ1) is 13.6. The Labute approximate surface area is 162 Å². The smallest absolute Gasteiger partial charge is 0.219 e. The van der Waals surface area contributed by atoms with Crippen LogP contribution in [0.2, 0.25) is 0 Å². The minimum absolute atomic E-state index is 0.0898. The van der Waals surface area contributed by atoms with Crippen LogP contribution in [0.3, 0.4) is 0 Å². The van der Waals surface area contributed by atoms with Crippen molar-refractivity contribution in [1.29, 1.82) is 0 Å². The number of aldehydes is 1. The number of aliphatic hydroxyl groups excluding tert-OH is 1. The Kier molecular flexibility index (Phi) is 5.05. The first-order valence-electron chi connectivity index (χ1n) is 9.28. The normalized spacial score (nSPS) is 19.1. The fraction of sp³-hybridized carbons (Fsp3) is 0.500. The molecular formula is C18H23N7O3. The third-order valence-electron chi connectivity index (χ3n) is 5.13. The van der Waals surface area contributed by atoms with Gasteiger partial charge in [0, 0.05) is 37.5 Å². The van der Waals surface area contributed by atoms with E-state index in [9.17, 15) is 9.90 Å². The highest BCUT2D eigenvalue weighted by Crippen LogP contribution is 2.39. The summed E-state index contributed by atoms with van der Waals surface area (Å²) in [6.07, 6.45) is 4.75. The Morgan fingerprint density at radius 2 is 2.21 bits per heavy atom. The van der Waals surface area contributed by atoms with Crippen molar-refractivity contribution in [1.82, 2.24) is 19.9 Å². The molecule has 2 aliphatic heterocycles. The molecule has 4 rings (SSSR count). The number of aromatic nitrogens is 4. The lowest BCUT2D eigenvalue weighted by Crippen LogP contribution is -2.43. The number of nitrogens with two attached hydrogens (primary N) is 1. The summed E-state index contributed by atoms with van der Waals surface area (Å²) in [5, 5.41) is 9.55. The highest BCUT2D eigenvalue weighted by molar-refractivity contribution is 5.73. The molecule has 0 bridgehead atoms. The molecule has 2 atom stereocenters. The number of nitrogen functional groups attached to an aromatic ring is 1. The zero-order chi connectivity index (χ0) is 19.7. The van der Waals surface area contributed by atoms with Gasteiger partial charge in [-0.15, -0.1) is 0 Å². The standard InChI is InChI=1S/C18H23N7O3/c1-11(9-27)24(2-4-26)16-14-6-13-10-28-5-3-25(13)17(14)23-15(22-16)12-7-20-18(19)21-8-12/h7-9,11,13,26H,2-6,10H2,1H3,(H2,19,20,21)/t11?,13-/m1/s1. The van der Waals surface area contributed by atoms with Gasteiger partial charge in [0.2, 0.25) is 5.95 Å². The van der Waals surface area contributed by atoms with Gasteiger partial charge in [-0.2, -0.15) is 0 Å². The number of ether oxygens (including phenoxy) is 1. The number of morpholine rings is 1. The lowest BCUT2D eigenvalue weighted by atomic mass is 10.1. The third-order valence-corrected chi connectivity index (χ3v) is 5.13. The number of anilines is 3. The van der Waals surface area contributed by atoms with E-state index in [2.05, 4.69) is 14.9 Å². The van der Waals surface area contributed by atoms with Crippen LogP contribution < -0.4 is 15.5 Å². The van der Waals surface area contributed by atoms with E-state index in [0.717, 1.165) is 30.6 Å². The number of carbonyl (C=O) groups is 1. The van der Waals surface area contributed by atoms with Gasteiger partial charge in [-0.1, -0.05) is 0 Å². The molecule has 0 amide bonds. The number of carbonyl (C=O) groups excluding carboxylic acids is 1. The maximum absolute atomic E-state index is 11.5. The van der Waals surface area contributed by atoms with Crippen LogP contribution in [0.4, 0.5) is 17.6 Å². The van der Waals surface area contributed by atoms with Gasteiger partial charge in [0.1, 0.15) is 17.9 Å². The van der Waals surface area contributed by atoms with Crippen LogP contribution in [0, 0.1) is 0 Å². The zero-order valence-corrected chi connectivity index (χ0v) is 15.7. The molecule has 10 nitrogen and oxygen atoms in total. The Bertz CT molecular complexity index is 861. The van der Waals surface area contributed by atoms with Gasteiger partial charge in [0.15, 0.2) is 5.82 Å². The Balaban J connectivity index is 1.86. The van der Waals surface area contributed by atoms with E-state index in [1.807, 2.05) is 4.90 Å². The van der Waals surface area contributed by atoms with E-state index < -0.39 is 6.04 Å². The van der Waals surface area contributed by atoms with Crippen LogP contribution in [0.25, 0.3) is 11.4 Å². The van der Waals surface area contributed by atoms with E-state index in [1.165, 1.54) is 0 Å². The number of nitrogens with zero attached hydrogens (tertiary/aromatic N) is 6. The van der Waals surface area contributed by atoms with E-state index in [-0.39, 0.29) is 18.6 Å². The molecule has 0 aromatic carbocycles. The van der Waals surface area contributed by atoms with Crippen LogP contribution >= 0.6 is 0 Å². The Hall–Kier alpha value is -2.85. The van der Waals surface area contributed by atoms with Crippen LogP contribution in [-0.2, 0) is 16.0 Å². The summed E-state index contributed by atoms with van der Waals surface area (Å²) < 4.78 is 5.63. The molecule has 4 heterocycles. The second-order valence-electron chi connectivity index (χ2n) is 6.92. The molecule has 2 aliphatic rings. The summed E-state index contributed by atoms with van der Waals surface area (Å²) >= 11 is 0. The van der Waals surface area contributed by atoms with Gasteiger partial charge in [-0.3, -0.25) is 0 Å². The second-order valence-corrected chi connectivity index (χ2v) is 6.92. The van der Waals surface area contributed by atoms with Crippen molar-refractivity contribution in [3.63, 3.8) is 0 Å². The summed E-state index contributed by atoms with van der Waals surface area (Å²) in [4.78, 5) is 33.2. The predicted octanol–water partition coefficient (Wildman–Crippen LogP) is -0.337. The predicted molar refractivity (Wildman–Crippen MR) is 103 cm³/mol. The number of hydrogen-bond donors (Lipinski definition) is 2. The van der Waals surface area contributed by atoms with Gasteiger partial charge in [-0.05, 0) is 6.92 Å². The lowest BCUT2D eigenvalue weighted by molar-refractivity contribution is -0.108. The molecular weight excluding hydrogens is 362 g/mol. The SMILES string of the molecule is CC(C=O)N(CCO)c1nc(-c2cnc(N)nc2)nc2c1C[C@@H]1COCCN21. The molecule has 2 aromatic heterocycles. The fourth-order valence-electron chi connectivity index (χ4n) is 3.72. The summed E-state index contributed by atoms with van der Waals surface area (Å²) in [5.41, 5.74) is 7.20. The average molecular weight is 385 g/mol. The van der Waals surface area contributed by atoms with E-state index in [0.29, 0.717) is 37.0 Å². The highest BCUT2D eigenvalue weighted by Gasteiger charge is 2.37. The van der Waals surface area contributed by atoms with E-state index in [4.69, 9.17) is 20.4 Å². The molecule has 3 N–H and O–H groups in total. The van der Waals surface area contributed by atoms with Crippen molar-refractivity contribution in [2.45, 2.75) is 25.4 Å². The number of hydrogen-bond acceptors (Lipinski definition) is 10. The first-order valence-corrected chi connectivity index (χ1v) is 9.28. The van der Waals surface area contributed by atoms with Gasteiger partial charge >= 0.3 is 0 Å². The van der Waals surface area contributed by atoms with Crippen molar-refractivity contribution in [3.05, 3.63) is 18.0 Å². The van der Waals surface area contributed by atoms with Gasteiger partial charge in [-0.25, -0.2) is 19.9 Å². The van der Waals surface area contributed by atoms with Gasteiger partial charge in [0.05, 0.1) is 37.5 Å². The van der Waals surface area contributed by atoms with Gasteiger partial charge < -0.3 is 30.2 Å². The van der Waals surface area contributed by atoms with Crippen molar-refractivity contribution in [2.24, 2.45) is 0 Å². The maximum atomic E-state index is 11.5. The number of rotatable bonds is 6. The summed E-state index contributed by atoms with van der Waals surface area (Å²) in [7, 11) is 0. The van der Waals surface area contributed by atoms with Crippen LogP contribution in [-0.4, -0.2) is 76.3 Å². The number of aliphatic hydroxyl groups is 1. The van der Waals surface area contributed by atoms with Crippen LogP contribution in [0.1, 0.15) is 12.5 Å². The van der Waals surface area contributed by atoms with E-state index in [1.54, 1.807) is 19.3 Å². The first kappa shape index (κ1) is 18.5. The summed E-state index contributed by atoms with van der Waals surface area (Å²) in [6, 6.07) is -0.243. The molecule has 1 unspecified atom stereocenters. The zero-order valence-electron chi connectivity index (χ0n) is 15.7. The van der Waals surface area contributed by atoms with Crippen molar-refractivity contribution in [3.8, 4) is 11.4 Å². The Morgan fingerprint density at radius 1 is 1.43 bits per heavy atom. The molecule has 10 heteroatoms. The molecule has 2 aromatic rings. The Morgan fingerprint density at radius 3 is 2.93 bits per heavy atom. The highest BCUT2D eigenvalue weighted by atomic mass is 16.5. The molecule has 0 saturated carbocycles. The molecule has 148 valence electrons. The number of fused-ring (bicyclic) bond motifs is 3. The summed E-state index contributed by atoms with van der Waals surface area (Å²) in [6.45, 7) is 4.00. The largest absolute Gasteiger partial charge is 0.395 e. The minimum atomic E-state index is -0.435. The fourth-order valence-corrected chi connectivity index (χ4v) is 3.72. The summed E-state index contributed by atoms with van der Waals surface area (Å²) in [5.74, 6) is 2.13. The topological polar surface area (TPSA) is 131 Å². The molecule has 28 heavy (non-hydrogen) atoms. The molecule has 1 saturated heterocycles. The quantitative estimate of drug-likeness (QED) is 0.637. The van der Waals surface area contributed by atoms with Crippen molar-refractivity contribution >= 4 is 23.9 Å². The molecule has 0 aliphatic carbocycles. The maximum Gasteiger partial charge on any atom is 0.219 e. The van der Waals surface area contributed by atoms with Crippen LogP contribution in [0.5, 0.6) is 0 Å². The lowest BCUT2D eigenvalue weighted by Gasteiger charge is -2.31.